The molecule has 2 atom stereocenters. The van der Waals surface area contributed by atoms with Crippen molar-refractivity contribution in [3.8, 4) is 0 Å². The van der Waals surface area contributed by atoms with Crippen LogP contribution in [0.25, 0.3) is 0 Å². The minimum Gasteiger partial charge on any atom is -0.377 e. The molecule has 0 aliphatic carbocycles. The molecule has 0 spiro atoms. The Kier molecular flexibility index (Phi) is 3.42. The molecule has 0 aromatic rings. The number of aliphatic hydroxyl groups excluding tert-OH is 1. The summed E-state index contributed by atoms with van der Waals surface area (Å²) in [6.07, 6.45) is 6.04. The minimum atomic E-state index is -0.220. The molecular weight excluding hydrogens is 176 g/mol. The second-order valence-electron chi connectivity index (χ2n) is 4.70. The lowest BCUT2D eigenvalue weighted by Gasteiger charge is -2.36. The van der Waals surface area contributed by atoms with Crippen molar-refractivity contribution in [2.24, 2.45) is 0 Å². The van der Waals surface area contributed by atoms with Gasteiger partial charge in [0.05, 0.1) is 0 Å². The lowest BCUT2D eigenvalue weighted by molar-refractivity contribution is -0.0531. The monoisotopic (exact) mass is 198 g/mol. The quantitative estimate of drug-likeness (QED) is 0.713. The van der Waals surface area contributed by atoms with Crippen LogP contribution < -0.4 is 0 Å². The maximum absolute atomic E-state index is 10.2. The van der Waals surface area contributed by atoms with E-state index >= 15 is 0 Å². The molecule has 2 fully saturated rings. The molecule has 3 nitrogen and oxygen atoms in total. The molecule has 0 radical (unpaired) electrons. The summed E-state index contributed by atoms with van der Waals surface area (Å²) >= 11 is 0. The lowest BCUT2D eigenvalue weighted by atomic mass is 10.1. The van der Waals surface area contributed by atoms with Gasteiger partial charge in [0.1, 0.15) is 6.23 Å². The van der Waals surface area contributed by atoms with Crippen molar-refractivity contribution in [2.45, 2.75) is 44.4 Å². The van der Waals surface area contributed by atoms with Crippen molar-refractivity contribution >= 4 is 0 Å². The standard InChI is InChI=1S/C11H22N2O/c1-12-7-5-6-10(12)11(14)13-8-3-2-4-9-13/h10-11,14H,2-9H2,1H3. The molecule has 3 heteroatoms. The SMILES string of the molecule is CN1CCCC1C(O)N1CCCCC1. The van der Waals surface area contributed by atoms with Crippen molar-refractivity contribution in [2.75, 3.05) is 26.7 Å². The molecule has 1 N–H and O–H groups in total. The first kappa shape index (κ1) is 10.4. The van der Waals surface area contributed by atoms with Crippen LogP contribution in [0.2, 0.25) is 0 Å². The number of hydrogen-bond donors (Lipinski definition) is 1. The average Bonchev–Trinajstić information content (AvgIpc) is 2.65. The van der Waals surface area contributed by atoms with Crippen molar-refractivity contribution in [3.05, 3.63) is 0 Å². The van der Waals surface area contributed by atoms with Crippen LogP contribution in [0.3, 0.4) is 0 Å². The lowest BCUT2D eigenvalue weighted by Crippen LogP contribution is -2.49. The average molecular weight is 198 g/mol. The first-order valence-corrected chi connectivity index (χ1v) is 5.91. The van der Waals surface area contributed by atoms with Crippen LogP contribution >= 0.6 is 0 Å². The number of rotatable bonds is 2. The molecule has 0 bridgehead atoms. The van der Waals surface area contributed by atoms with Crippen molar-refractivity contribution in [3.63, 3.8) is 0 Å². The maximum Gasteiger partial charge on any atom is 0.123 e. The van der Waals surface area contributed by atoms with Crippen molar-refractivity contribution in [1.29, 1.82) is 0 Å². The van der Waals surface area contributed by atoms with Crippen molar-refractivity contribution in [1.82, 2.24) is 9.80 Å². The third kappa shape index (κ3) is 2.10. The Balaban J connectivity index is 1.89. The number of aliphatic hydroxyl groups is 1. The summed E-state index contributed by atoms with van der Waals surface area (Å²) in [5.74, 6) is 0. The zero-order valence-electron chi connectivity index (χ0n) is 9.15. The summed E-state index contributed by atoms with van der Waals surface area (Å²) in [7, 11) is 2.13. The molecule has 2 aliphatic rings. The third-order valence-corrected chi connectivity index (χ3v) is 3.69. The van der Waals surface area contributed by atoms with Gasteiger partial charge in [0.15, 0.2) is 0 Å². The number of hydrogen-bond acceptors (Lipinski definition) is 3. The zero-order valence-corrected chi connectivity index (χ0v) is 9.15. The minimum absolute atomic E-state index is 0.220. The van der Waals surface area contributed by atoms with E-state index in [0.29, 0.717) is 6.04 Å². The van der Waals surface area contributed by atoms with E-state index in [-0.39, 0.29) is 6.23 Å². The Labute approximate surface area is 86.7 Å². The fraction of sp³-hybridized carbons (Fsp3) is 1.00. The molecule has 2 aliphatic heterocycles. The van der Waals surface area contributed by atoms with Crippen LogP contribution in [-0.2, 0) is 0 Å². The van der Waals surface area contributed by atoms with Gasteiger partial charge >= 0.3 is 0 Å². The van der Waals surface area contributed by atoms with Crippen LogP contribution in [0.1, 0.15) is 32.1 Å². The van der Waals surface area contributed by atoms with E-state index in [9.17, 15) is 5.11 Å². The number of likely N-dealkylation sites (N-methyl/N-ethyl adjacent to an activating group) is 1. The molecule has 2 heterocycles. The highest BCUT2D eigenvalue weighted by Gasteiger charge is 2.32. The Bertz CT molecular complexity index is 180. The molecule has 0 aromatic heterocycles. The van der Waals surface area contributed by atoms with Crippen LogP contribution in [-0.4, -0.2) is 53.9 Å². The van der Waals surface area contributed by atoms with E-state index in [0.717, 1.165) is 26.1 Å². The second-order valence-corrected chi connectivity index (χ2v) is 4.70. The van der Waals surface area contributed by atoms with E-state index in [2.05, 4.69) is 16.8 Å². The first-order valence-electron chi connectivity index (χ1n) is 5.91. The number of nitrogens with zero attached hydrogens (tertiary/aromatic N) is 2. The fourth-order valence-corrected chi connectivity index (χ4v) is 2.74. The smallest absolute Gasteiger partial charge is 0.123 e. The van der Waals surface area contributed by atoms with Gasteiger partial charge in [-0.25, -0.2) is 0 Å². The largest absolute Gasteiger partial charge is 0.377 e. The molecule has 2 saturated heterocycles. The van der Waals surface area contributed by atoms with Gasteiger partial charge in [-0.1, -0.05) is 6.42 Å². The highest BCUT2D eigenvalue weighted by Crippen LogP contribution is 2.22. The van der Waals surface area contributed by atoms with E-state index in [1.54, 1.807) is 0 Å². The first-order chi connectivity index (χ1) is 6.79. The van der Waals surface area contributed by atoms with E-state index in [4.69, 9.17) is 0 Å². The highest BCUT2D eigenvalue weighted by molar-refractivity contribution is 4.84. The van der Waals surface area contributed by atoms with Crippen LogP contribution in [0.4, 0.5) is 0 Å². The van der Waals surface area contributed by atoms with Crippen LogP contribution in [0.15, 0.2) is 0 Å². The molecule has 0 aromatic carbocycles. The second kappa shape index (κ2) is 4.60. The molecule has 0 amide bonds. The van der Waals surface area contributed by atoms with Gasteiger partial charge in [0, 0.05) is 19.1 Å². The molecule has 2 rings (SSSR count). The van der Waals surface area contributed by atoms with Gasteiger partial charge < -0.3 is 5.11 Å². The van der Waals surface area contributed by atoms with Gasteiger partial charge in [0.25, 0.3) is 0 Å². The summed E-state index contributed by atoms with van der Waals surface area (Å²) in [6.45, 7) is 3.33. The molecule has 82 valence electrons. The number of likely N-dealkylation sites (tertiary alicyclic amines) is 2. The summed E-state index contributed by atoms with van der Waals surface area (Å²) in [5, 5.41) is 10.2. The van der Waals surface area contributed by atoms with E-state index < -0.39 is 0 Å². The predicted molar refractivity (Wildman–Crippen MR) is 57.1 cm³/mol. The summed E-state index contributed by atoms with van der Waals surface area (Å²) in [5.41, 5.74) is 0. The molecular formula is C11H22N2O. The summed E-state index contributed by atoms with van der Waals surface area (Å²) in [6, 6.07) is 0.382. The highest BCUT2D eigenvalue weighted by atomic mass is 16.3. The van der Waals surface area contributed by atoms with Gasteiger partial charge in [0.2, 0.25) is 0 Å². The Morgan fingerprint density at radius 2 is 1.79 bits per heavy atom. The van der Waals surface area contributed by atoms with Crippen LogP contribution in [0.5, 0.6) is 0 Å². The van der Waals surface area contributed by atoms with Gasteiger partial charge in [-0.3, -0.25) is 9.80 Å². The Morgan fingerprint density at radius 1 is 1.07 bits per heavy atom. The zero-order chi connectivity index (χ0) is 9.97. The predicted octanol–water partition coefficient (Wildman–Crippen LogP) is 0.885. The maximum atomic E-state index is 10.2. The fourth-order valence-electron chi connectivity index (χ4n) is 2.74. The van der Waals surface area contributed by atoms with Gasteiger partial charge in [-0.15, -0.1) is 0 Å². The summed E-state index contributed by atoms with van der Waals surface area (Å²) < 4.78 is 0. The number of piperidine rings is 1. The molecule has 0 saturated carbocycles. The van der Waals surface area contributed by atoms with Crippen LogP contribution in [0, 0.1) is 0 Å². The van der Waals surface area contributed by atoms with Crippen molar-refractivity contribution < 1.29 is 5.11 Å². The summed E-state index contributed by atoms with van der Waals surface area (Å²) in [4.78, 5) is 4.56. The molecule has 2 unspecified atom stereocenters. The third-order valence-electron chi connectivity index (χ3n) is 3.69. The Hall–Kier alpha value is -0.120. The Morgan fingerprint density at radius 3 is 2.36 bits per heavy atom. The molecule has 14 heavy (non-hydrogen) atoms. The van der Waals surface area contributed by atoms with E-state index in [1.807, 2.05) is 0 Å². The van der Waals surface area contributed by atoms with Gasteiger partial charge in [-0.2, -0.15) is 0 Å². The van der Waals surface area contributed by atoms with Gasteiger partial charge in [-0.05, 0) is 39.3 Å². The normalized spacial score (nSPS) is 33.4. The van der Waals surface area contributed by atoms with E-state index in [1.165, 1.54) is 25.7 Å². The topological polar surface area (TPSA) is 26.7 Å².